The molecule has 0 bridgehead atoms. The number of amides is 1. The van der Waals surface area contributed by atoms with E-state index in [9.17, 15) is 9.59 Å². The van der Waals surface area contributed by atoms with E-state index in [0.29, 0.717) is 18.5 Å². The zero-order valence-electron chi connectivity index (χ0n) is 12.3. The lowest BCUT2D eigenvalue weighted by Crippen LogP contribution is -2.26. The molecule has 0 aliphatic heterocycles. The van der Waals surface area contributed by atoms with Crippen LogP contribution in [-0.2, 0) is 11.2 Å². The van der Waals surface area contributed by atoms with Gasteiger partial charge in [0.25, 0.3) is 5.91 Å². The first kappa shape index (κ1) is 17.2. The number of carbonyl (C=O) groups excluding carboxylic acids is 2. The van der Waals surface area contributed by atoms with Crippen LogP contribution in [0, 0.1) is 0 Å². The van der Waals surface area contributed by atoms with Crippen LogP contribution >= 0.6 is 23.2 Å². The molecule has 2 rings (SSSR count). The van der Waals surface area contributed by atoms with E-state index in [4.69, 9.17) is 23.2 Å². The maximum Gasteiger partial charge on any atom is 0.337 e. The summed E-state index contributed by atoms with van der Waals surface area (Å²) in [5.41, 5.74) is 1.75. The third-order valence-corrected chi connectivity index (χ3v) is 3.66. The van der Waals surface area contributed by atoms with Crippen LogP contribution in [-0.4, -0.2) is 30.5 Å². The van der Waals surface area contributed by atoms with Gasteiger partial charge in [0, 0.05) is 12.7 Å². The zero-order chi connectivity index (χ0) is 16.8. The summed E-state index contributed by atoms with van der Waals surface area (Å²) in [6.45, 7) is 0.426. The Hall–Kier alpha value is -2.11. The van der Waals surface area contributed by atoms with Gasteiger partial charge in [-0.2, -0.15) is 0 Å². The van der Waals surface area contributed by atoms with Gasteiger partial charge >= 0.3 is 5.97 Å². The fourth-order valence-electron chi connectivity index (χ4n) is 1.92. The average molecular weight is 353 g/mol. The number of rotatable bonds is 5. The normalized spacial score (nSPS) is 10.2. The van der Waals surface area contributed by atoms with Crippen LogP contribution in [0.4, 0.5) is 0 Å². The molecule has 0 aliphatic carbocycles. The van der Waals surface area contributed by atoms with Crippen LogP contribution in [0.1, 0.15) is 26.3 Å². The number of hydrogen-bond acceptors (Lipinski definition) is 4. The number of ether oxygens (including phenoxy) is 1. The summed E-state index contributed by atoms with van der Waals surface area (Å²) in [4.78, 5) is 27.2. The van der Waals surface area contributed by atoms with Gasteiger partial charge in [-0.3, -0.25) is 4.79 Å². The fourth-order valence-corrected chi connectivity index (χ4v) is 2.37. The van der Waals surface area contributed by atoms with Crippen molar-refractivity contribution >= 4 is 35.1 Å². The third kappa shape index (κ3) is 4.68. The van der Waals surface area contributed by atoms with Gasteiger partial charge in [-0.15, -0.1) is 0 Å². The molecule has 1 amide bonds. The Balaban J connectivity index is 1.89. The number of nitrogens with one attached hydrogen (secondary N) is 1. The minimum atomic E-state index is -0.380. The highest BCUT2D eigenvalue weighted by molar-refractivity contribution is 6.36. The Kier molecular flexibility index (Phi) is 5.96. The van der Waals surface area contributed by atoms with Gasteiger partial charge < -0.3 is 10.1 Å². The average Bonchev–Trinajstić information content (AvgIpc) is 2.54. The van der Waals surface area contributed by atoms with Crippen molar-refractivity contribution in [3.63, 3.8) is 0 Å². The maximum atomic E-state index is 12.0. The Bertz CT molecular complexity index is 718. The molecule has 0 fully saturated rings. The summed E-state index contributed by atoms with van der Waals surface area (Å²) >= 11 is 11.6. The molecule has 2 aromatic rings. The van der Waals surface area contributed by atoms with Crippen molar-refractivity contribution in [1.82, 2.24) is 10.3 Å². The Morgan fingerprint density at radius 1 is 1.22 bits per heavy atom. The van der Waals surface area contributed by atoms with E-state index < -0.39 is 0 Å². The van der Waals surface area contributed by atoms with Crippen LogP contribution in [0.3, 0.4) is 0 Å². The van der Waals surface area contributed by atoms with Gasteiger partial charge in [-0.05, 0) is 30.2 Å². The highest BCUT2D eigenvalue weighted by Crippen LogP contribution is 2.18. The first-order valence-corrected chi connectivity index (χ1v) is 7.53. The number of carbonyl (C=O) groups is 2. The molecule has 23 heavy (non-hydrogen) atoms. The number of nitrogens with zero attached hydrogens (tertiary/aromatic N) is 1. The Labute approximate surface area is 143 Å². The molecule has 0 aliphatic rings. The molecule has 0 spiro atoms. The first-order valence-electron chi connectivity index (χ1n) is 6.77. The molecule has 0 saturated heterocycles. The molecule has 0 unspecified atom stereocenters. The highest BCUT2D eigenvalue weighted by Gasteiger charge is 2.11. The number of benzene rings is 1. The summed E-state index contributed by atoms with van der Waals surface area (Å²) in [6, 6.07) is 8.42. The molecule has 0 radical (unpaired) electrons. The molecule has 0 atom stereocenters. The molecular formula is C16H14Cl2N2O3. The molecular weight excluding hydrogens is 339 g/mol. The number of esters is 1. The lowest BCUT2D eigenvalue weighted by molar-refractivity contribution is 0.0600. The van der Waals surface area contributed by atoms with Crippen LogP contribution < -0.4 is 5.32 Å². The van der Waals surface area contributed by atoms with Crippen LogP contribution in [0.15, 0.2) is 36.5 Å². The van der Waals surface area contributed by atoms with E-state index in [-0.39, 0.29) is 27.6 Å². The number of pyridine rings is 1. The Morgan fingerprint density at radius 3 is 2.52 bits per heavy atom. The first-order chi connectivity index (χ1) is 11.0. The molecule has 1 aromatic heterocycles. The van der Waals surface area contributed by atoms with E-state index in [1.54, 1.807) is 12.1 Å². The zero-order valence-corrected chi connectivity index (χ0v) is 13.8. The summed E-state index contributed by atoms with van der Waals surface area (Å²) in [7, 11) is 1.34. The number of methoxy groups -OCH3 is 1. The van der Waals surface area contributed by atoms with Crippen molar-refractivity contribution in [3.05, 3.63) is 63.4 Å². The van der Waals surface area contributed by atoms with E-state index >= 15 is 0 Å². The topological polar surface area (TPSA) is 68.3 Å². The SMILES string of the molecule is COC(=O)c1ccc(CCNC(=O)c2cnc(Cl)cc2Cl)cc1. The molecule has 1 heterocycles. The number of halogens is 2. The molecule has 120 valence electrons. The van der Waals surface area contributed by atoms with E-state index in [0.717, 1.165) is 5.56 Å². The van der Waals surface area contributed by atoms with Gasteiger partial charge in [-0.1, -0.05) is 35.3 Å². The van der Waals surface area contributed by atoms with Crippen LogP contribution in [0.2, 0.25) is 10.2 Å². The molecule has 0 saturated carbocycles. The van der Waals surface area contributed by atoms with Crippen LogP contribution in [0.25, 0.3) is 0 Å². The lowest BCUT2D eigenvalue weighted by atomic mass is 10.1. The molecule has 7 heteroatoms. The van der Waals surface area contributed by atoms with Gasteiger partial charge in [0.2, 0.25) is 0 Å². The second-order valence-electron chi connectivity index (χ2n) is 4.68. The fraction of sp³-hybridized carbons (Fsp3) is 0.188. The van der Waals surface area contributed by atoms with E-state index in [1.807, 2.05) is 12.1 Å². The smallest absolute Gasteiger partial charge is 0.337 e. The monoisotopic (exact) mass is 352 g/mol. The minimum absolute atomic E-state index is 0.234. The van der Waals surface area contributed by atoms with Gasteiger partial charge in [-0.25, -0.2) is 9.78 Å². The number of hydrogen-bond donors (Lipinski definition) is 1. The maximum absolute atomic E-state index is 12.0. The van der Waals surface area contributed by atoms with Crippen molar-refractivity contribution < 1.29 is 14.3 Å². The quantitative estimate of drug-likeness (QED) is 0.662. The van der Waals surface area contributed by atoms with Crippen molar-refractivity contribution in [2.24, 2.45) is 0 Å². The van der Waals surface area contributed by atoms with E-state index in [1.165, 1.54) is 19.4 Å². The van der Waals surface area contributed by atoms with E-state index in [2.05, 4.69) is 15.0 Å². The molecule has 1 aromatic carbocycles. The second kappa shape index (κ2) is 7.94. The number of aromatic nitrogens is 1. The second-order valence-corrected chi connectivity index (χ2v) is 5.48. The standard InChI is InChI=1S/C16H14Cl2N2O3/c1-23-16(22)11-4-2-10(3-5-11)6-7-19-15(21)12-9-20-14(18)8-13(12)17/h2-5,8-9H,6-7H2,1H3,(H,19,21). The summed E-state index contributed by atoms with van der Waals surface area (Å²) in [6.07, 6.45) is 1.96. The van der Waals surface area contributed by atoms with Gasteiger partial charge in [0.15, 0.2) is 0 Å². The lowest BCUT2D eigenvalue weighted by Gasteiger charge is -2.07. The van der Waals surface area contributed by atoms with Crippen LogP contribution in [0.5, 0.6) is 0 Å². The van der Waals surface area contributed by atoms with Crippen molar-refractivity contribution in [2.45, 2.75) is 6.42 Å². The van der Waals surface area contributed by atoms with Gasteiger partial charge in [0.1, 0.15) is 5.15 Å². The summed E-state index contributed by atoms with van der Waals surface area (Å²) in [5, 5.41) is 3.25. The summed E-state index contributed by atoms with van der Waals surface area (Å²) in [5.74, 6) is -0.694. The largest absolute Gasteiger partial charge is 0.465 e. The molecule has 5 nitrogen and oxygen atoms in total. The Morgan fingerprint density at radius 2 is 1.91 bits per heavy atom. The predicted molar refractivity (Wildman–Crippen MR) is 88.1 cm³/mol. The van der Waals surface area contributed by atoms with Crippen molar-refractivity contribution in [1.29, 1.82) is 0 Å². The molecule has 1 N–H and O–H groups in total. The van der Waals surface area contributed by atoms with Gasteiger partial charge in [0.05, 0.1) is 23.3 Å². The predicted octanol–water partition coefficient (Wildman–Crippen LogP) is 3.15. The van der Waals surface area contributed by atoms with Crippen molar-refractivity contribution in [3.8, 4) is 0 Å². The summed E-state index contributed by atoms with van der Waals surface area (Å²) < 4.78 is 4.63. The third-order valence-electron chi connectivity index (χ3n) is 3.14. The minimum Gasteiger partial charge on any atom is -0.465 e. The van der Waals surface area contributed by atoms with Crippen molar-refractivity contribution in [2.75, 3.05) is 13.7 Å². The highest BCUT2D eigenvalue weighted by atomic mass is 35.5.